The first-order chi connectivity index (χ1) is 9.16. The lowest BCUT2D eigenvalue weighted by Crippen LogP contribution is -1.99. The van der Waals surface area contributed by atoms with Gasteiger partial charge in [0, 0.05) is 11.1 Å². The number of rotatable bonds is 1. The van der Waals surface area contributed by atoms with Crippen molar-refractivity contribution in [3.05, 3.63) is 76.4 Å². The number of allylic oxidation sites excluding steroid dienone is 1. The fourth-order valence-corrected chi connectivity index (χ4v) is 2.63. The zero-order valence-electron chi connectivity index (χ0n) is 11.2. The number of carbonyl (C=O) groups is 1. The first-order valence-corrected chi connectivity index (χ1v) is 6.58. The predicted molar refractivity (Wildman–Crippen MR) is 81.2 cm³/mol. The maximum absolute atomic E-state index is 12.4. The molecule has 1 atom stereocenters. The van der Waals surface area contributed by atoms with Crippen molar-refractivity contribution in [3.63, 3.8) is 0 Å². The lowest BCUT2D eigenvalue weighted by Gasteiger charge is -2.05. The van der Waals surface area contributed by atoms with Gasteiger partial charge in [0.1, 0.15) is 7.85 Å². The highest BCUT2D eigenvalue weighted by atomic mass is 16.1. The third-order valence-corrected chi connectivity index (χ3v) is 3.80. The first-order valence-electron chi connectivity index (χ1n) is 6.58. The van der Waals surface area contributed by atoms with E-state index in [0.29, 0.717) is 0 Å². The van der Waals surface area contributed by atoms with Gasteiger partial charge in [-0.05, 0) is 29.9 Å². The molecule has 0 N–H and O–H groups in total. The molecule has 2 heteroatoms. The van der Waals surface area contributed by atoms with E-state index in [4.69, 9.17) is 0 Å². The van der Waals surface area contributed by atoms with E-state index in [9.17, 15) is 4.79 Å². The minimum atomic E-state index is 0.170. The van der Waals surface area contributed by atoms with Crippen LogP contribution in [-0.2, 0) is 0 Å². The largest absolute Gasteiger partial charge is 0.289 e. The summed E-state index contributed by atoms with van der Waals surface area (Å²) in [5.74, 6) is 0.355. The Labute approximate surface area is 114 Å². The van der Waals surface area contributed by atoms with E-state index in [2.05, 4.69) is 39.0 Å². The van der Waals surface area contributed by atoms with Crippen LogP contribution in [0.4, 0.5) is 0 Å². The van der Waals surface area contributed by atoms with Crippen LogP contribution in [0.3, 0.4) is 0 Å². The van der Waals surface area contributed by atoms with E-state index in [1.54, 1.807) is 0 Å². The molecule has 0 saturated heterocycles. The second-order valence-electron chi connectivity index (χ2n) is 5.15. The Morgan fingerprint density at radius 2 is 1.74 bits per heavy atom. The second kappa shape index (κ2) is 4.54. The van der Waals surface area contributed by atoms with Crippen molar-refractivity contribution in [1.82, 2.24) is 0 Å². The van der Waals surface area contributed by atoms with Crippen LogP contribution in [0.2, 0.25) is 0 Å². The molecule has 0 amide bonds. The normalized spacial score (nSPS) is 19.7. The van der Waals surface area contributed by atoms with E-state index in [0.717, 1.165) is 22.3 Å². The molecule has 1 unspecified atom stereocenters. The van der Waals surface area contributed by atoms with Gasteiger partial charge in [-0.2, -0.15) is 0 Å². The molecular weight excluding hydrogens is 231 g/mol. The van der Waals surface area contributed by atoms with Gasteiger partial charge in [0.15, 0.2) is 5.78 Å². The number of fused-ring (bicyclic) bond motifs is 1. The summed E-state index contributed by atoms with van der Waals surface area (Å²) < 4.78 is 0. The molecule has 2 aromatic rings. The molecule has 0 saturated carbocycles. The molecule has 0 aliphatic heterocycles. The van der Waals surface area contributed by atoms with Crippen molar-refractivity contribution >= 4 is 19.7 Å². The number of ketones is 1. The van der Waals surface area contributed by atoms with Crippen LogP contribution in [0.1, 0.15) is 32.9 Å². The summed E-state index contributed by atoms with van der Waals surface area (Å²) in [6.07, 6.45) is 2.02. The van der Waals surface area contributed by atoms with Gasteiger partial charge in [-0.3, -0.25) is 4.79 Å². The van der Waals surface area contributed by atoms with E-state index in [1.165, 1.54) is 5.56 Å². The monoisotopic (exact) mass is 246 g/mol. The minimum absolute atomic E-state index is 0.170. The van der Waals surface area contributed by atoms with E-state index in [-0.39, 0.29) is 11.6 Å². The molecule has 0 radical (unpaired) electrons. The summed E-state index contributed by atoms with van der Waals surface area (Å²) in [5, 5.41) is 0. The van der Waals surface area contributed by atoms with Gasteiger partial charge in [0.2, 0.25) is 0 Å². The maximum Gasteiger partial charge on any atom is 0.189 e. The molecule has 92 valence electrons. The van der Waals surface area contributed by atoms with Crippen LogP contribution in [0, 0.1) is 6.92 Å². The second-order valence-corrected chi connectivity index (χ2v) is 5.15. The van der Waals surface area contributed by atoms with E-state index in [1.807, 2.05) is 30.3 Å². The van der Waals surface area contributed by atoms with Gasteiger partial charge in [-0.25, -0.2) is 0 Å². The topological polar surface area (TPSA) is 17.1 Å². The number of benzene rings is 2. The third-order valence-electron chi connectivity index (χ3n) is 3.80. The average Bonchev–Trinajstić information content (AvgIpc) is 2.67. The van der Waals surface area contributed by atoms with Gasteiger partial charge < -0.3 is 0 Å². The predicted octanol–water partition coefficient (Wildman–Crippen LogP) is 2.95. The highest BCUT2D eigenvalue weighted by Crippen LogP contribution is 2.36. The van der Waals surface area contributed by atoms with Gasteiger partial charge in [0.05, 0.1) is 0 Å². The summed E-state index contributed by atoms with van der Waals surface area (Å²) >= 11 is 0. The highest BCUT2D eigenvalue weighted by molar-refractivity contribution is 6.28. The smallest absolute Gasteiger partial charge is 0.189 e. The molecule has 1 aliphatic carbocycles. The Bertz CT molecular complexity index is 668. The summed E-state index contributed by atoms with van der Waals surface area (Å²) in [4.78, 5) is 12.4. The van der Waals surface area contributed by atoms with Crippen LogP contribution in [0.25, 0.3) is 6.08 Å². The molecule has 1 nitrogen and oxygen atoms in total. The molecule has 0 bridgehead atoms. The van der Waals surface area contributed by atoms with Crippen LogP contribution >= 0.6 is 0 Å². The number of aryl methyl sites for hydroxylation is 1. The molecular formula is C17H15BO. The first kappa shape index (κ1) is 12.0. The Morgan fingerprint density at radius 1 is 1.05 bits per heavy atom. The summed E-state index contributed by atoms with van der Waals surface area (Å²) in [6, 6.07) is 16.2. The van der Waals surface area contributed by atoms with E-state index < -0.39 is 0 Å². The number of Topliss-reactive ketones (excluding diaryl/α,β-unsaturated/α-hetero) is 1. The van der Waals surface area contributed by atoms with Gasteiger partial charge >= 0.3 is 0 Å². The maximum atomic E-state index is 12.4. The number of hydrogen-bond acceptors (Lipinski definition) is 1. The third kappa shape index (κ3) is 2.03. The molecule has 2 aromatic carbocycles. The van der Waals surface area contributed by atoms with Crippen molar-refractivity contribution < 1.29 is 4.79 Å². The molecule has 3 rings (SSSR count). The van der Waals surface area contributed by atoms with Crippen molar-refractivity contribution in [1.29, 1.82) is 0 Å². The quantitative estimate of drug-likeness (QED) is 0.558. The minimum Gasteiger partial charge on any atom is -0.289 e. The zero-order chi connectivity index (χ0) is 13.4. The Morgan fingerprint density at radius 3 is 2.42 bits per heavy atom. The Hall–Kier alpha value is -2.09. The number of carbonyl (C=O) groups excluding carboxylic acids is 1. The molecule has 19 heavy (non-hydrogen) atoms. The number of hydrogen-bond donors (Lipinski definition) is 0. The van der Waals surface area contributed by atoms with Crippen molar-refractivity contribution in [2.75, 3.05) is 0 Å². The van der Waals surface area contributed by atoms with Gasteiger partial charge in [-0.15, -0.1) is 0 Å². The van der Waals surface area contributed by atoms with Gasteiger partial charge in [0.25, 0.3) is 0 Å². The lowest BCUT2D eigenvalue weighted by atomic mass is 9.79. The molecule has 0 fully saturated rings. The van der Waals surface area contributed by atoms with Crippen LogP contribution in [0.15, 0.2) is 54.1 Å². The molecule has 0 heterocycles. The molecule has 1 aliphatic rings. The van der Waals surface area contributed by atoms with Crippen LogP contribution < -0.4 is 0 Å². The molecule has 0 spiro atoms. The van der Waals surface area contributed by atoms with E-state index >= 15 is 0 Å². The van der Waals surface area contributed by atoms with Crippen molar-refractivity contribution in [3.8, 4) is 0 Å². The van der Waals surface area contributed by atoms with Crippen LogP contribution in [0.5, 0.6) is 0 Å². The van der Waals surface area contributed by atoms with Crippen molar-refractivity contribution in [2.45, 2.75) is 12.7 Å². The van der Waals surface area contributed by atoms with Crippen molar-refractivity contribution in [2.24, 2.45) is 0 Å². The fourth-order valence-electron chi connectivity index (χ4n) is 2.63. The zero-order valence-corrected chi connectivity index (χ0v) is 11.2. The van der Waals surface area contributed by atoms with Gasteiger partial charge in [-0.1, -0.05) is 54.1 Å². The standard InChI is InChI=1S/C17H15BO/c1-11-6-8-12(9-7-11)10-15-16(18)13-4-2-3-5-14(13)17(15)19/h2-10,16H,18H2,1H3/b15-10+. The highest BCUT2D eigenvalue weighted by Gasteiger charge is 2.30. The Balaban J connectivity index is 2.04. The summed E-state index contributed by atoms with van der Waals surface area (Å²) in [6.45, 7) is 2.07. The average molecular weight is 246 g/mol. The molecule has 0 aromatic heterocycles. The fraction of sp³-hybridized carbons (Fsp3) is 0.118. The lowest BCUT2D eigenvalue weighted by molar-refractivity contribution is 0.104. The summed E-state index contributed by atoms with van der Waals surface area (Å²) in [7, 11) is 2.10. The Kier molecular flexibility index (Phi) is 2.86. The summed E-state index contributed by atoms with van der Waals surface area (Å²) in [5.41, 5.74) is 5.22. The van der Waals surface area contributed by atoms with Crippen LogP contribution in [-0.4, -0.2) is 13.6 Å². The SMILES string of the molecule is BC1/C(=C\c2ccc(C)cc2)C(=O)c2ccccc21.